The Labute approximate surface area is 61.4 Å². The molecule has 0 saturated carbocycles. The maximum Gasteiger partial charge on any atom is 0.188 e. The minimum atomic E-state index is -1.90. The molecule has 0 amide bonds. The van der Waals surface area contributed by atoms with E-state index in [0.717, 1.165) is 5.56 Å². The summed E-state index contributed by atoms with van der Waals surface area (Å²) >= 11 is -1.90. The minimum Gasteiger partial charge on any atom is -0.302 e. The van der Waals surface area contributed by atoms with Crippen molar-refractivity contribution in [1.29, 1.82) is 0 Å². The molecule has 1 aromatic heterocycles. The van der Waals surface area contributed by atoms with Crippen molar-refractivity contribution in [3.8, 4) is 0 Å². The topological polar surface area (TPSA) is 50.2 Å². The van der Waals surface area contributed by atoms with E-state index in [1.54, 1.807) is 19.2 Å². The van der Waals surface area contributed by atoms with Crippen LogP contribution in [0.15, 0.2) is 23.4 Å². The Morgan fingerprint density at radius 3 is 2.80 bits per heavy atom. The Hall–Kier alpha value is -0.740. The molecule has 0 bridgehead atoms. The molecule has 1 atom stereocenters. The molecule has 1 aromatic rings. The lowest BCUT2D eigenvalue weighted by Crippen LogP contribution is -1.92. The van der Waals surface area contributed by atoms with Crippen LogP contribution in [0, 0.1) is 6.92 Å². The highest BCUT2D eigenvalue weighted by molar-refractivity contribution is 7.79. The van der Waals surface area contributed by atoms with Crippen LogP contribution < -0.4 is 0 Å². The van der Waals surface area contributed by atoms with Crippen molar-refractivity contribution in [2.75, 3.05) is 0 Å². The lowest BCUT2D eigenvalue weighted by atomic mass is 10.3. The smallest absolute Gasteiger partial charge is 0.188 e. The second-order valence-corrected chi connectivity index (χ2v) is 2.83. The van der Waals surface area contributed by atoms with Gasteiger partial charge in [0.25, 0.3) is 0 Å². The van der Waals surface area contributed by atoms with Crippen LogP contribution in [0.25, 0.3) is 0 Å². The van der Waals surface area contributed by atoms with E-state index >= 15 is 0 Å². The molecule has 0 radical (unpaired) electrons. The first-order valence-corrected chi connectivity index (χ1v) is 3.84. The molecule has 3 nitrogen and oxygen atoms in total. The normalized spacial score (nSPS) is 13.0. The summed E-state index contributed by atoms with van der Waals surface area (Å²) in [7, 11) is 0. The zero-order valence-corrected chi connectivity index (χ0v) is 6.26. The van der Waals surface area contributed by atoms with Crippen LogP contribution in [-0.4, -0.2) is 13.7 Å². The van der Waals surface area contributed by atoms with E-state index in [9.17, 15) is 4.21 Å². The predicted octanol–water partition coefficient (Wildman–Crippen LogP) is 0.971. The molecule has 1 heterocycles. The molecule has 0 spiro atoms. The van der Waals surface area contributed by atoms with Crippen molar-refractivity contribution in [3.63, 3.8) is 0 Å². The van der Waals surface area contributed by atoms with Gasteiger partial charge in [0.15, 0.2) is 11.1 Å². The number of hydrogen-bond acceptors (Lipinski definition) is 2. The average molecular weight is 157 g/mol. The summed E-state index contributed by atoms with van der Waals surface area (Å²) in [5.41, 5.74) is 0.788. The van der Waals surface area contributed by atoms with Crippen molar-refractivity contribution < 1.29 is 8.76 Å². The predicted molar refractivity (Wildman–Crippen MR) is 38.0 cm³/mol. The lowest BCUT2D eigenvalue weighted by molar-refractivity contribution is 0.563. The van der Waals surface area contributed by atoms with E-state index in [2.05, 4.69) is 4.98 Å². The number of aryl methyl sites for hydroxylation is 1. The summed E-state index contributed by atoms with van der Waals surface area (Å²) in [5, 5.41) is 0. The molecular formula is C6H7NO2S. The standard InChI is InChI=1S/C6H7NO2S/c1-5-2-3-7-4-6(5)10(8)9/h2-4H,1H3,(H,8,9). The molecule has 1 rings (SSSR count). The van der Waals surface area contributed by atoms with Crippen LogP contribution in [0.1, 0.15) is 5.56 Å². The first kappa shape index (κ1) is 7.37. The van der Waals surface area contributed by atoms with Crippen LogP contribution in [-0.2, 0) is 11.1 Å². The Morgan fingerprint density at radius 1 is 1.70 bits per heavy atom. The third kappa shape index (κ3) is 1.40. The highest BCUT2D eigenvalue weighted by Gasteiger charge is 2.01. The van der Waals surface area contributed by atoms with Crippen LogP contribution in [0.2, 0.25) is 0 Å². The minimum absolute atomic E-state index is 0.377. The van der Waals surface area contributed by atoms with Gasteiger partial charge in [-0.2, -0.15) is 0 Å². The number of nitrogens with zero attached hydrogens (tertiary/aromatic N) is 1. The van der Waals surface area contributed by atoms with Crippen molar-refractivity contribution in [1.82, 2.24) is 4.98 Å². The zero-order valence-electron chi connectivity index (χ0n) is 5.44. The Morgan fingerprint density at radius 2 is 2.40 bits per heavy atom. The summed E-state index contributed by atoms with van der Waals surface area (Å²) in [6.07, 6.45) is 2.98. The summed E-state index contributed by atoms with van der Waals surface area (Å²) in [6, 6.07) is 1.70. The SMILES string of the molecule is Cc1ccncc1S(=O)O. The number of hydrogen-bond donors (Lipinski definition) is 1. The van der Waals surface area contributed by atoms with Gasteiger partial charge in [-0.25, -0.2) is 4.21 Å². The molecule has 10 heavy (non-hydrogen) atoms. The van der Waals surface area contributed by atoms with E-state index in [1.165, 1.54) is 6.20 Å². The molecule has 0 saturated heterocycles. The van der Waals surface area contributed by atoms with Gasteiger partial charge in [0.1, 0.15) is 0 Å². The fourth-order valence-electron chi connectivity index (χ4n) is 0.632. The fraction of sp³-hybridized carbons (Fsp3) is 0.167. The number of pyridine rings is 1. The molecule has 0 aliphatic rings. The van der Waals surface area contributed by atoms with E-state index < -0.39 is 11.1 Å². The number of rotatable bonds is 1. The van der Waals surface area contributed by atoms with Gasteiger partial charge in [0.05, 0.1) is 4.90 Å². The summed E-state index contributed by atoms with van der Waals surface area (Å²) in [4.78, 5) is 4.09. The van der Waals surface area contributed by atoms with E-state index in [4.69, 9.17) is 4.55 Å². The van der Waals surface area contributed by atoms with Crippen LogP contribution in [0.3, 0.4) is 0 Å². The molecule has 0 aliphatic heterocycles. The first-order valence-electron chi connectivity index (χ1n) is 2.73. The van der Waals surface area contributed by atoms with Crippen LogP contribution >= 0.6 is 0 Å². The lowest BCUT2D eigenvalue weighted by Gasteiger charge is -1.96. The maximum absolute atomic E-state index is 10.5. The zero-order chi connectivity index (χ0) is 7.56. The average Bonchev–Trinajstić information content (AvgIpc) is 1.88. The van der Waals surface area contributed by atoms with Crippen LogP contribution in [0.4, 0.5) is 0 Å². The van der Waals surface area contributed by atoms with Crippen molar-refractivity contribution in [2.45, 2.75) is 11.8 Å². The monoisotopic (exact) mass is 157 g/mol. The highest BCUT2D eigenvalue weighted by Crippen LogP contribution is 2.07. The van der Waals surface area contributed by atoms with Gasteiger partial charge < -0.3 is 4.55 Å². The van der Waals surface area contributed by atoms with Gasteiger partial charge in [-0.1, -0.05) is 0 Å². The fourth-order valence-corrected chi connectivity index (χ4v) is 1.13. The van der Waals surface area contributed by atoms with E-state index in [0.29, 0.717) is 4.90 Å². The third-order valence-electron chi connectivity index (χ3n) is 1.18. The van der Waals surface area contributed by atoms with Gasteiger partial charge in [0, 0.05) is 12.4 Å². The van der Waals surface area contributed by atoms with Gasteiger partial charge in [-0.3, -0.25) is 4.98 Å². The molecule has 0 aliphatic carbocycles. The Kier molecular flexibility index (Phi) is 2.13. The molecule has 0 aromatic carbocycles. The second-order valence-electron chi connectivity index (χ2n) is 1.89. The van der Waals surface area contributed by atoms with Crippen LogP contribution in [0.5, 0.6) is 0 Å². The molecule has 4 heteroatoms. The quantitative estimate of drug-likeness (QED) is 0.618. The third-order valence-corrected chi connectivity index (χ3v) is 1.98. The van der Waals surface area contributed by atoms with Gasteiger partial charge in [0.2, 0.25) is 0 Å². The van der Waals surface area contributed by atoms with Crippen molar-refractivity contribution in [3.05, 3.63) is 24.0 Å². The van der Waals surface area contributed by atoms with Crippen molar-refractivity contribution >= 4 is 11.1 Å². The van der Waals surface area contributed by atoms with Gasteiger partial charge in [-0.15, -0.1) is 0 Å². The number of aromatic nitrogens is 1. The Bertz CT molecular complexity index is 262. The van der Waals surface area contributed by atoms with E-state index in [-0.39, 0.29) is 0 Å². The molecule has 1 N–H and O–H groups in total. The molecule has 0 fully saturated rings. The van der Waals surface area contributed by atoms with E-state index in [1.807, 2.05) is 0 Å². The van der Waals surface area contributed by atoms with Gasteiger partial charge >= 0.3 is 0 Å². The summed E-state index contributed by atoms with van der Waals surface area (Å²) < 4.78 is 19.1. The second kappa shape index (κ2) is 2.90. The van der Waals surface area contributed by atoms with Crippen molar-refractivity contribution in [2.24, 2.45) is 0 Å². The largest absolute Gasteiger partial charge is 0.302 e. The maximum atomic E-state index is 10.5. The summed E-state index contributed by atoms with van der Waals surface area (Å²) in [5.74, 6) is 0. The summed E-state index contributed by atoms with van der Waals surface area (Å²) in [6.45, 7) is 1.77. The Balaban J connectivity index is 3.15. The highest BCUT2D eigenvalue weighted by atomic mass is 32.2. The first-order chi connectivity index (χ1) is 4.72. The molecular weight excluding hydrogens is 150 g/mol. The molecule has 54 valence electrons. The van der Waals surface area contributed by atoms with Gasteiger partial charge in [-0.05, 0) is 18.6 Å². The molecule has 1 unspecified atom stereocenters.